The summed E-state index contributed by atoms with van der Waals surface area (Å²) >= 11 is 7.21. The summed E-state index contributed by atoms with van der Waals surface area (Å²) in [5.41, 5.74) is 1.43. The van der Waals surface area contributed by atoms with Gasteiger partial charge in [-0.2, -0.15) is 0 Å². The van der Waals surface area contributed by atoms with E-state index in [1.165, 1.54) is 49.0 Å². The molecule has 5 heteroatoms. The van der Waals surface area contributed by atoms with Gasteiger partial charge in [-0.3, -0.25) is 9.36 Å². The van der Waals surface area contributed by atoms with Crippen LogP contribution < -0.4 is 5.56 Å². The molecule has 0 amide bonds. The third-order valence-electron chi connectivity index (χ3n) is 5.17. The molecule has 0 fully saturated rings. The molecule has 1 atom stereocenters. The zero-order chi connectivity index (χ0) is 17.1. The molecule has 0 bridgehead atoms. The maximum Gasteiger partial charge on any atom is 0.263 e. The summed E-state index contributed by atoms with van der Waals surface area (Å²) in [7, 11) is 0. The van der Waals surface area contributed by atoms with Gasteiger partial charge in [0.2, 0.25) is 0 Å². The molecule has 0 saturated heterocycles. The topological polar surface area (TPSA) is 37.8 Å². The van der Waals surface area contributed by atoms with Gasteiger partial charge < -0.3 is 4.98 Å². The number of nitrogens with one attached hydrogen (secondary N) is 1. The van der Waals surface area contributed by atoms with Gasteiger partial charge in [0.1, 0.15) is 4.83 Å². The Bertz CT molecular complexity index is 815. The first-order valence-corrected chi connectivity index (χ1v) is 10.6. The Morgan fingerprint density at radius 3 is 2.79 bits per heavy atom. The molecule has 0 spiro atoms. The second-order valence-corrected chi connectivity index (χ2v) is 8.70. The maximum absolute atomic E-state index is 13.0. The zero-order valence-corrected chi connectivity index (χ0v) is 16.5. The van der Waals surface area contributed by atoms with Crippen LogP contribution in [0.1, 0.15) is 69.2 Å². The molecule has 1 aliphatic rings. The molecule has 0 aromatic carbocycles. The molecule has 0 unspecified atom stereocenters. The average Bonchev–Trinajstić information content (AvgIpc) is 2.90. The van der Waals surface area contributed by atoms with Crippen molar-refractivity contribution in [1.82, 2.24) is 9.55 Å². The lowest BCUT2D eigenvalue weighted by atomic mass is 9.89. The van der Waals surface area contributed by atoms with Gasteiger partial charge in [0, 0.05) is 11.4 Å². The lowest BCUT2D eigenvalue weighted by Gasteiger charge is -2.17. The Balaban J connectivity index is 1.82. The lowest BCUT2D eigenvalue weighted by molar-refractivity contribution is 0.508. The summed E-state index contributed by atoms with van der Waals surface area (Å²) in [5.74, 6) is 0.721. The van der Waals surface area contributed by atoms with E-state index in [4.69, 9.17) is 12.2 Å². The average molecular weight is 365 g/mol. The molecule has 1 aliphatic carbocycles. The second kappa shape index (κ2) is 7.96. The minimum absolute atomic E-state index is 0.134. The molecule has 0 aliphatic heterocycles. The molecule has 3 rings (SSSR count). The first-order valence-electron chi connectivity index (χ1n) is 9.39. The number of rotatable bonds is 7. The summed E-state index contributed by atoms with van der Waals surface area (Å²) in [6, 6.07) is 0. The number of unbranched alkanes of at least 4 members (excludes halogenated alkanes) is 5. The second-order valence-electron chi connectivity index (χ2n) is 7.21. The Kier molecular flexibility index (Phi) is 5.93. The Morgan fingerprint density at radius 1 is 1.25 bits per heavy atom. The van der Waals surface area contributed by atoms with E-state index in [2.05, 4.69) is 18.8 Å². The van der Waals surface area contributed by atoms with Crippen molar-refractivity contribution in [2.75, 3.05) is 0 Å². The van der Waals surface area contributed by atoms with Gasteiger partial charge in [-0.15, -0.1) is 11.3 Å². The zero-order valence-electron chi connectivity index (χ0n) is 14.8. The van der Waals surface area contributed by atoms with Gasteiger partial charge in [0.25, 0.3) is 5.56 Å². The smallest absolute Gasteiger partial charge is 0.263 e. The molecular formula is C19H28N2OS2. The molecule has 1 N–H and O–H groups in total. The first kappa shape index (κ1) is 17.9. The molecule has 24 heavy (non-hydrogen) atoms. The summed E-state index contributed by atoms with van der Waals surface area (Å²) < 4.78 is 2.38. The minimum atomic E-state index is 0.134. The van der Waals surface area contributed by atoms with E-state index < -0.39 is 0 Å². The van der Waals surface area contributed by atoms with E-state index in [9.17, 15) is 4.79 Å². The van der Waals surface area contributed by atoms with Crippen molar-refractivity contribution in [2.45, 2.75) is 78.2 Å². The van der Waals surface area contributed by atoms with Crippen LogP contribution >= 0.6 is 23.6 Å². The van der Waals surface area contributed by atoms with E-state index in [-0.39, 0.29) is 5.56 Å². The molecule has 3 nitrogen and oxygen atoms in total. The molecule has 0 radical (unpaired) electrons. The van der Waals surface area contributed by atoms with Gasteiger partial charge in [-0.05, 0) is 49.4 Å². The molecule has 132 valence electrons. The van der Waals surface area contributed by atoms with E-state index in [0.29, 0.717) is 4.77 Å². The van der Waals surface area contributed by atoms with Crippen LogP contribution in [0.2, 0.25) is 0 Å². The number of H-pyrrole nitrogens is 1. The number of hydrogen-bond acceptors (Lipinski definition) is 3. The number of thiophene rings is 1. The van der Waals surface area contributed by atoms with E-state index in [1.807, 2.05) is 0 Å². The van der Waals surface area contributed by atoms with Gasteiger partial charge in [0.15, 0.2) is 4.77 Å². The fraction of sp³-hybridized carbons (Fsp3) is 0.684. The SMILES string of the molecule is CCCCCCCCn1c(=S)[nH]c2sc3c(c2c1=O)CC[C@H](C)C3. The minimum Gasteiger partial charge on any atom is -0.323 e. The summed E-state index contributed by atoms with van der Waals surface area (Å²) in [5, 5.41) is 0.918. The summed E-state index contributed by atoms with van der Waals surface area (Å²) in [6.45, 7) is 5.28. The fourth-order valence-corrected chi connectivity index (χ4v) is 5.45. The third kappa shape index (κ3) is 3.67. The summed E-state index contributed by atoms with van der Waals surface area (Å²) in [4.78, 5) is 18.7. The van der Waals surface area contributed by atoms with Crippen LogP contribution in [0.25, 0.3) is 10.2 Å². The first-order chi connectivity index (χ1) is 11.6. The maximum atomic E-state index is 13.0. The van der Waals surface area contributed by atoms with Crippen LogP contribution in [0, 0.1) is 10.7 Å². The largest absolute Gasteiger partial charge is 0.323 e. The Hall–Kier alpha value is -0.940. The number of hydrogen-bond donors (Lipinski definition) is 1. The quantitative estimate of drug-likeness (QED) is 0.512. The van der Waals surface area contributed by atoms with E-state index in [1.54, 1.807) is 15.9 Å². The number of aryl methyl sites for hydroxylation is 1. The van der Waals surface area contributed by atoms with E-state index in [0.717, 1.165) is 41.9 Å². The fourth-order valence-electron chi connectivity index (χ4n) is 3.71. The van der Waals surface area contributed by atoms with Gasteiger partial charge in [-0.1, -0.05) is 46.0 Å². The predicted molar refractivity (Wildman–Crippen MR) is 106 cm³/mol. The van der Waals surface area contributed by atoms with Crippen molar-refractivity contribution in [3.8, 4) is 0 Å². The predicted octanol–water partition coefficient (Wildman–Crippen LogP) is 5.61. The molecule has 2 heterocycles. The van der Waals surface area contributed by atoms with Crippen LogP contribution in [0.4, 0.5) is 0 Å². The van der Waals surface area contributed by atoms with Crippen molar-refractivity contribution in [1.29, 1.82) is 0 Å². The highest BCUT2D eigenvalue weighted by atomic mass is 32.1. The molecule has 0 saturated carbocycles. The van der Waals surface area contributed by atoms with Crippen LogP contribution in [-0.4, -0.2) is 9.55 Å². The molecule has 2 aromatic rings. The van der Waals surface area contributed by atoms with Gasteiger partial charge >= 0.3 is 0 Å². The summed E-state index contributed by atoms with van der Waals surface area (Å²) in [6.07, 6.45) is 10.7. The normalized spacial score (nSPS) is 17.3. The molecule has 2 aromatic heterocycles. The van der Waals surface area contributed by atoms with Crippen molar-refractivity contribution in [3.05, 3.63) is 25.6 Å². The van der Waals surface area contributed by atoms with Crippen molar-refractivity contribution in [2.24, 2.45) is 5.92 Å². The Labute approximate surface area is 153 Å². The monoisotopic (exact) mass is 364 g/mol. The Morgan fingerprint density at radius 2 is 2.00 bits per heavy atom. The number of aromatic nitrogens is 2. The highest BCUT2D eigenvalue weighted by Gasteiger charge is 2.23. The highest BCUT2D eigenvalue weighted by Crippen LogP contribution is 2.35. The van der Waals surface area contributed by atoms with Crippen LogP contribution in [0.15, 0.2) is 4.79 Å². The number of fused-ring (bicyclic) bond motifs is 3. The number of nitrogens with zero attached hydrogens (tertiary/aromatic N) is 1. The van der Waals surface area contributed by atoms with Crippen LogP contribution in [0.5, 0.6) is 0 Å². The van der Waals surface area contributed by atoms with Gasteiger partial charge in [0.05, 0.1) is 5.39 Å². The highest BCUT2D eigenvalue weighted by molar-refractivity contribution is 7.71. The molecular weight excluding hydrogens is 336 g/mol. The van der Waals surface area contributed by atoms with Crippen molar-refractivity contribution in [3.63, 3.8) is 0 Å². The van der Waals surface area contributed by atoms with Crippen molar-refractivity contribution < 1.29 is 0 Å². The number of aromatic amines is 1. The van der Waals surface area contributed by atoms with E-state index >= 15 is 0 Å². The third-order valence-corrected chi connectivity index (χ3v) is 6.66. The van der Waals surface area contributed by atoms with Crippen LogP contribution in [-0.2, 0) is 19.4 Å². The lowest BCUT2D eigenvalue weighted by Crippen LogP contribution is -2.23. The van der Waals surface area contributed by atoms with Crippen molar-refractivity contribution >= 4 is 33.8 Å². The van der Waals surface area contributed by atoms with Gasteiger partial charge in [-0.25, -0.2) is 0 Å². The van der Waals surface area contributed by atoms with Crippen LogP contribution in [0.3, 0.4) is 0 Å². The standard InChI is InChI=1S/C19H28N2OS2/c1-3-4-5-6-7-8-11-21-18(22)16-14-10-9-13(2)12-15(14)24-17(16)20-19(21)23/h13H,3-12H2,1-2H3,(H,20,23)/t13-/m0/s1.